The highest BCUT2D eigenvalue weighted by atomic mass is 32.1. The van der Waals surface area contributed by atoms with Crippen LogP contribution in [0.4, 0.5) is 5.13 Å². The van der Waals surface area contributed by atoms with Gasteiger partial charge in [-0.3, -0.25) is 9.59 Å². The summed E-state index contributed by atoms with van der Waals surface area (Å²) in [5.41, 5.74) is 0.0887. The van der Waals surface area contributed by atoms with Gasteiger partial charge in [-0.25, -0.2) is 9.78 Å². The Kier molecular flexibility index (Phi) is 5.39. The van der Waals surface area contributed by atoms with Crippen molar-refractivity contribution in [3.05, 3.63) is 11.1 Å². The fourth-order valence-electron chi connectivity index (χ4n) is 1.09. The standard InChI is InChI=1S/C10H13N3O5S/c1-5(14)12-10-13-6(4-19-10)8(16)11-3-7(15)9(17)18-2/h4,7,15H,3H2,1-2H3,(H,11,16)(H,12,13,14). The third-order valence-electron chi connectivity index (χ3n) is 1.95. The maximum atomic E-state index is 11.6. The number of methoxy groups -OCH3 is 1. The number of esters is 1. The maximum Gasteiger partial charge on any atom is 0.336 e. The number of ether oxygens (including phenoxy) is 1. The molecule has 9 heteroatoms. The monoisotopic (exact) mass is 287 g/mol. The van der Waals surface area contributed by atoms with Crippen LogP contribution in [-0.4, -0.2) is 47.6 Å². The van der Waals surface area contributed by atoms with E-state index in [1.807, 2.05) is 0 Å². The average molecular weight is 287 g/mol. The van der Waals surface area contributed by atoms with Gasteiger partial charge < -0.3 is 20.5 Å². The number of nitrogens with zero attached hydrogens (tertiary/aromatic N) is 1. The molecule has 1 heterocycles. The molecule has 0 bridgehead atoms. The third-order valence-corrected chi connectivity index (χ3v) is 2.71. The molecule has 19 heavy (non-hydrogen) atoms. The van der Waals surface area contributed by atoms with Gasteiger partial charge in [-0.05, 0) is 0 Å². The number of hydrogen-bond donors (Lipinski definition) is 3. The van der Waals surface area contributed by atoms with Gasteiger partial charge in [0.05, 0.1) is 13.7 Å². The fourth-order valence-corrected chi connectivity index (χ4v) is 1.82. The zero-order valence-corrected chi connectivity index (χ0v) is 11.1. The highest BCUT2D eigenvalue weighted by Crippen LogP contribution is 2.14. The minimum absolute atomic E-state index is 0.0887. The number of hydrogen-bond acceptors (Lipinski definition) is 7. The summed E-state index contributed by atoms with van der Waals surface area (Å²) >= 11 is 1.09. The first kappa shape index (κ1) is 15.1. The molecule has 1 aromatic rings. The fraction of sp³-hybridized carbons (Fsp3) is 0.400. The van der Waals surface area contributed by atoms with E-state index in [1.165, 1.54) is 12.3 Å². The van der Waals surface area contributed by atoms with Gasteiger partial charge in [-0.1, -0.05) is 0 Å². The molecule has 0 saturated carbocycles. The Hall–Kier alpha value is -2.00. The number of carbonyl (C=O) groups is 3. The largest absolute Gasteiger partial charge is 0.467 e. The van der Waals surface area contributed by atoms with Gasteiger partial charge in [0.15, 0.2) is 11.2 Å². The molecule has 0 saturated heterocycles. The van der Waals surface area contributed by atoms with Crippen molar-refractivity contribution >= 4 is 34.3 Å². The molecule has 0 spiro atoms. The summed E-state index contributed by atoms with van der Waals surface area (Å²) in [7, 11) is 1.13. The van der Waals surface area contributed by atoms with E-state index in [0.717, 1.165) is 18.4 Å². The van der Waals surface area contributed by atoms with E-state index < -0.39 is 18.0 Å². The molecule has 2 amide bonds. The van der Waals surface area contributed by atoms with E-state index in [2.05, 4.69) is 20.4 Å². The summed E-state index contributed by atoms with van der Waals surface area (Å²) in [6.45, 7) is 1.05. The topological polar surface area (TPSA) is 118 Å². The Balaban J connectivity index is 2.52. The van der Waals surface area contributed by atoms with E-state index in [-0.39, 0.29) is 18.1 Å². The van der Waals surface area contributed by atoms with Crippen molar-refractivity contribution in [1.29, 1.82) is 0 Å². The normalized spacial score (nSPS) is 11.5. The van der Waals surface area contributed by atoms with Crippen LogP contribution in [0.2, 0.25) is 0 Å². The van der Waals surface area contributed by atoms with Gasteiger partial charge in [0.25, 0.3) is 5.91 Å². The number of aliphatic hydroxyl groups is 1. The SMILES string of the molecule is COC(=O)C(O)CNC(=O)c1csc(NC(C)=O)n1. The van der Waals surface area contributed by atoms with Crippen molar-refractivity contribution in [3.8, 4) is 0 Å². The van der Waals surface area contributed by atoms with Crippen molar-refractivity contribution in [3.63, 3.8) is 0 Å². The summed E-state index contributed by atoms with van der Waals surface area (Å²) in [5, 5.41) is 15.8. The molecule has 0 radical (unpaired) electrons. The first-order chi connectivity index (χ1) is 8.93. The quantitative estimate of drug-likeness (QED) is 0.620. The number of amides is 2. The molecular weight excluding hydrogens is 274 g/mol. The lowest BCUT2D eigenvalue weighted by molar-refractivity contribution is -0.149. The zero-order valence-electron chi connectivity index (χ0n) is 10.3. The molecule has 0 aliphatic rings. The van der Waals surface area contributed by atoms with Crippen molar-refractivity contribution in [2.24, 2.45) is 0 Å². The number of anilines is 1. The number of rotatable bonds is 5. The summed E-state index contributed by atoms with van der Waals surface area (Å²) in [6.07, 6.45) is -1.43. The minimum atomic E-state index is -1.43. The summed E-state index contributed by atoms with van der Waals surface area (Å²) in [4.78, 5) is 37.2. The van der Waals surface area contributed by atoms with Crippen LogP contribution in [0, 0.1) is 0 Å². The Morgan fingerprint density at radius 3 is 2.79 bits per heavy atom. The van der Waals surface area contributed by atoms with E-state index in [9.17, 15) is 19.5 Å². The smallest absolute Gasteiger partial charge is 0.336 e. The first-order valence-electron chi connectivity index (χ1n) is 5.21. The molecule has 3 N–H and O–H groups in total. The van der Waals surface area contributed by atoms with Crippen LogP contribution < -0.4 is 10.6 Å². The van der Waals surface area contributed by atoms with Crippen LogP contribution in [0.15, 0.2) is 5.38 Å². The Morgan fingerprint density at radius 1 is 1.53 bits per heavy atom. The van der Waals surface area contributed by atoms with Crippen LogP contribution in [0.1, 0.15) is 17.4 Å². The number of carbonyl (C=O) groups excluding carboxylic acids is 3. The van der Waals surface area contributed by atoms with Crippen molar-refractivity contribution in [2.75, 3.05) is 19.0 Å². The van der Waals surface area contributed by atoms with Crippen LogP contribution in [0.25, 0.3) is 0 Å². The molecule has 0 fully saturated rings. The second-order valence-corrected chi connectivity index (χ2v) is 4.33. The van der Waals surface area contributed by atoms with E-state index in [1.54, 1.807) is 0 Å². The van der Waals surface area contributed by atoms with Gasteiger partial charge in [-0.2, -0.15) is 0 Å². The first-order valence-corrected chi connectivity index (χ1v) is 6.09. The zero-order chi connectivity index (χ0) is 14.4. The predicted octanol–water partition coefficient (Wildman–Crippen LogP) is -0.635. The lowest BCUT2D eigenvalue weighted by Gasteiger charge is -2.08. The van der Waals surface area contributed by atoms with Crippen LogP contribution in [0.3, 0.4) is 0 Å². The molecule has 0 aliphatic carbocycles. The highest BCUT2D eigenvalue weighted by molar-refractivity contribution is 7.14. The Labute approximate surface area is 112 Å². The van der Waals surface area contributed by atoms with E-state index in [0.29, 0.717) is 5.13 Å². The Morgan fingerprint density at radius 2 is 2.21 bits per heavy atom. The number of aromatic nitrogens is 1. The maximum absolute atomic E-state index is 11.6. The van der Waals surface area contributed by atoms with Crippen LogP contribution in [0.5, 0.6) is 0 Å². The summed E-state index contributed by atoms with van der Waals surface area (Å²) < 4.78 is 4.30. The second-order valence-electron chi connectivity index (χ2n) is 3.47. The van der Waals surface area contributed by atoms with Crippen molar-refractivity contribution in [2.45, 2.75) is 13.0 Å². The van der Waals surface area contributed by atoms with Crippen molar-refractivity contribution in [1.82, 2.24) is 10.3 Å². The summed E-state index contributed by atoms with van der Waals surface area (Å²) in [6, 6.07) is 0. The molecular formula is C10H13N3O5S. The Bertz CT molecular complexity index is 487. The van der Waals surface area contributed by atoms with Gasteiger partial charge in [0, 0.05) is 12.3 Å². The third kappa shape index (κ3) is 4.64. The number of aliphatic hydroxyl groups excluding tert-OH is 1. The molecule has 0 aromatic carbocycles. The minimum Gasteiger partial charge on any atom is -0.467 e. The van der Waals surface area contributed by atoms with Gasteiger partial charge in [0.1, 0.15) is 5.69 Å². The van der Waals surface area contributed by atoms with E-state index >= 15 is 0 Å². The number of nitrogens with one attached hydrogen (secondary N) is 2. The molecule has 1 unspecified atom stereocenters. The molecule has 8 nitrogen and oxygen atoms in total. The van der Waals surface area contributed by atoms with Crippen LogP contribution in [-0.2, 0) is 14.3 Å². The molecule has 104 valence electrons. The van der Waals surface area contributed by atoms with E-state index in [4.69, 9.17) is 0 Å². The second kappa shape index (κ2) is 6.81. The molecule has 1 atom stereocenters. The summed E-state index contributed by atoms with van der Waals surface area (Å²) in [5.74, 6) is -1.68. The van der Waals surface area contributed by atoms with Gasteiger partial charge in [-0.15, -0.1) is 11.3 Å². The van der Waals surface area contributed by atoms with Gasteiger partial charge in [0.2, 0.25) is 5.91 Å². The average Bonchev–Trinajstić information content (AvgIpc) is 2.82. The predicted molar refractivity (Wildman–Crippen MR) is 66.8 cm³/mol. The molecule has 0 aliphatic heterocycles. The lowest BCUT2D eigenvalue weighted by Crippen LogP contribution is -2.37. The molecule has 1 aromatic heterocycles. The van der Waals surface area contributed by atoms with Crippen molar-refractivity contribution < 1.29 is 24.2 Å². The van der Waals surface area contributed by atoms with Crippen LogP contribution >= 0.6 is 11.3 Å². The highest BCUT2D eigenvalue weighted by Gasteiger charge is 2.18. The lowest BCUT2D eigenvalue weighted by atomic mass is 10.3. The number of thiazole rings is 1. The molecule has 1 rings (SSSR count). The van der Waals surface area contributed by atoms with Gasteiger partial charge >= 0.3 is 5.97 Å².